The van der Waals surface area contributed by atoms with E-state index >= 15 is 0 Å². The van der Waals surface area contributed by atoms with Crippen molar-refractivity contribution in [3.05, 3.63) is 23.8 Å². The van der Waals surface area contributed by atoms with E-state index in [1.165, 1.54) is 0 Å². The minimum atomic E-state index is -3.37. The van der Waals surface area contributed by atoms with E-state index in [9.17, 15) is 13.2 Å². The summed E-state index contributed by atoms with van der Waals surface area (Å²) >= 11 is 0. The van der Waals surface area contributed by atoms with Crippen molar-refractivity contribution in [3.63, 3.8) is 0 Å². The molecule has 6 heteroatoms. The van der Waals surface area contributed by atoms with E-state index < -0.39 is 21.5 Å². The van der Waals surface area contributed by atoms with Crippen LogP contribution in [0.25, 0.3) is 0 Å². The molecule has 0 unspecified atom stereocenters. The molecule has 21 heavy (non-hydrogen) atoms. The molecule has 0 saturated heterocycles. The number of hydrogen-bond donors (Lipinski definition) is 2. The van der Waals surface area contributed by atoms with Crippen molar-refractivity contribution < 1.29 is 13.2 Å². The van der Waals surface area contributed by atoms with Crippen LogP contribution in [0.5, 0.6) is 0 Å². The van der Waals surface area contributed by atoms with E-state index in [-0.39, 0.29) is 5.25 Å². The predicted octanol–water partition coefficient (Wildman–Crippen LogP) is 2.26. The van der Waals surface area contributed by atoms with Crippen LogP contribution in [-0.2, 0) is 14.6 Å². The Balaban J connectivity index is 2.02. The molecule has 5 nitrogen and oxygen atoms in total. The summed E-state index contributed by atoms with van der Waals surface area (Å²) in [5.41, 5.74) is 7.63. The number of carbonyl (C=O) groups excluding carboxylic acids is 1. The Morgan fingerprint density at radius 3 is 2.62 bits per heavy atom. The predicted molar refractivity (Wildman–Crippen MR) is 84.9 cm³/mol. The second-order valence-electron chi connectivity index (χ2n) is 5.69. The van der Waals surface area contributed by atoms with Gasteiger partial charge < -0.3 is 11.1 Å². The number of aryl methyl sites for hydroxylation is 1. The SMILES string of the molecule is Cc1ccc(N)cc1NC(=O)CS(=O)(=O)C1CCCCC1. The number of anilines is 2. The standard InChI is InChI=1S/C15H22N2O3S/c1-11-7-8-12(16)9-14(11)17-15(18)10-21(19,20)13-5-3-2-4-6-13/h7-9,13H,2-6,10,16H2,1H3,(H,17,18). The zero-order valence-corrected chi connectivity index (χ0v) is 13.1. The lowest BCUT2D eigenvalue weighted by Crippen LogP contribution is -2.32. The van der Waals surface area contributed by atoms with Gasteiger partial charge in [0.15, 0.2) is 9.84 Å². The van der Waals surface area contributed by atoms with Crippen molar-refractivity contribution in [3.8, 4) is 0 Å². The summed E-state index contributed by atoms with van der Waals surface area (Å²) in [6.07, 6.45) is 4.29. The summed E-state index contributed by atoms with van der Waals surface area (Å²) in [7, 11) is -3.37. The fourth-order valence-corrected chi connectivity index (χ4v) is 4.41. The minimum absolute atomic E-state index is 0.362. The maximum atomic E-state index is 12.3. The van der Waals surface area contributed by atoms with Gasteiger partial charge in [-0.2, -0.15) is 0 Å². The molecule has 0 atom stereocenters. The molecule has 0 spiro atoms. The molecule has 1 saturated carbocycles. The lowest BCUT2D eigenvalue weighted by Gasteiger charge is -2.21. The number of sulfone groups is 1. The lowest BCUT2D eigenvalue weighted by atomic mass is 10.0. The van der Waals surface area contributed by atoms with Gasteiger partial charge in [-0.25, -0.2) is 8.42 Å². The van der Waals surface area contributed by atoms with E-state index in [2.05, 4.69) is 5.32 Å². The van der Waals surface area contributed by atoms with Gasteiger partial charge in [-0.15, -0.1) is 0 Å². The number of nitrogens with one attached hydrogen (secondary N) is 1. The van der Waals surface area contributed by atoms with Crippen LogP contribution in [0.1, 0.15) is 37.7 Å². The van der Waals surface area contributed by atoms with Crippen LogP contribution in [0.4, 0.5) is 11.4 Å². The van der Waals surface area contributed by atoms with E-state index in [1.54, 1.807) is 18.2 Å². The molecule has 3 N–H and O–H groups in total. The van der Waals surface area contributed by atoms with Crippen LogP contribution in [0.2, 0.25) is 0 Å². The summed E-state index contributed by atoms with van der Waals surface area (Å²) < 4.78 is 24.5. The molecule has 116 valence electrons. The molecular formula is C15H22N2O3S. The van der Waals surface area contributed by atoms with E-state index in [1.807, 2.05) is 6.92 Å². The summed E-state index contributed by atoms with van der Waals surface area (Å²) in [5.74, 6) is -0.944. The first-order chi connectivity index (χ1) is 9.88. The number of carbonyl (C=O) groups is 1. The van der Waals surface area contributed by atoms with E-state index in [4.69, 9.17) is 5.73 Å². The maximum Gasteiger partial charge on any atom is 0.239 e. The Hall–Kier alpha value is -1.56. The summed E-state index contributed by atoms with van der Waals surface area (Å²) in [5, 5.41) is 2.29. The van der Waals surface area contributed by atoms with Crippen LogP contribution in [0.3, 0.4) is 0 Å². The van der Waals surface area contributed by atoms with Crippen molar-refractivity contribution in [1.82, 2.24) is 0 Å². The molecule has 0 aromatic heterocycles. The van der Waals surface area contributed by atoms with Crippen molar-refractivity contribution in [1.29, 1.82) is 0 Å². The number of rotatable bonds is 4. The fourth-order valence-electron chi connectivity index (χ4n) is 2.69. The number of nitrogen functional groups attached to an aromatic ring is 1. The van der Waals surface area contributed by atoms with E-state index in [0.29, 0.717) is 24.2 Å². The second kappa shape index (κ2) is 6.47. The topological polar surface area (TPSA) is 89.3 Å². The summed E-state index contributed by atoms with van der Waals surface area (Å²) in [6.45, 7) is 1.84. The molecule has 0 heterocycles. The van der Waals surface area contributed by atoms with Gasteiger partial charge in [-0.1, -0.05) is 25.3 Å². The quantitative estimate of drug-likeness (QED) is 0.835. The average Bonchev–Trinajstić information content (AvgIpc) is 2.43. The van der Waals surface area contributed by atoms with Gasteiger partial charge in [0.05, 0.1) is 5.25 Å². The van der Waals surface area contributed by atoms with Crippen molar-refractivity contribution in [2.24, 2.45) is 0 Å². The highest BCUT2D eigenvalue weighted by molar-refractivity contribution is 7.92. The van der Waals surface area contributed by atoms with Crippen LogP contribution in [0.15, 0.2) is 18.2 Å². The molecule has 1 aromatic rings. The van der Waals surface area contributed by atoms with Crippen LogP contribution >= 0.6 is 0 Å². The zero-order valence-electron chi connectivity index (χ0n) is 12.3. The Bertz CT molecular complexity index is 620. The normalized spacial score (nSPS) is 16.6. The highest BCUT2D eigenvalue weighted by atomic mass is 32.2. The molecule has 1 amide bonds. The molecule has 2 rings (SSSR count). The Morgan fingerprint density at radius 1 is 1.29 bits per heavy atom. The Kier molecular flexibility index (Phi) is 4.88. The molecule has 0 aliphatic heterocycles. The zero-order chi connectivity index (χ0) is 15.5. The molecule has 1 fully saturated rings. The van der Waals surface area contributed by atoms with Crippen molar-refractivity contribution >= 4 is 27.1 Å². The number of hydrogen-bond acceptors (Lipinski definition) is 4. The molecule has 0 bridgehead atoms. The highest BCUT2D eigenvalue weighted by Gasteiger charge is 2.29. The number of amides is 1. The molecule has 1 aliphatic rings. The summed E-state index contributed by atoms with van der Waals surface area (Å²) in [6, 6.07) is 5.17. The average molecular weight is 310 g/mol. The number of benzene rings is 1. The van der Waals surface area contributed by atoms with Gasteiger partial charge in [0, 0.05) is 11.4 Å². The first-order valence-electron chi connectivity index (χ1n) is 7.26. The van der Waals surface area contributed by atoms with Gasteiger partial charge in [-0.05, 0) is 37.5 Å². The number of nitrogens with two attached hydrogens (primary N) is 1. The smallest absolute Gasteiger partial charge is 0.239 e. The van der Waals surface area contributed by atoms with Gasteiger partial charge in [0.1, 0.15) is 5.75 Å². The van der Waals surface area contributed by atoms with Crippen molar-refractivity contribution in [2.75, 3.05) is 16.8 Å². The first kappa shape index (κ1) is 15.8. The summed E-state index contributed by atoms with van der Waals surface area (Å²) in [4.78, 5) is 12.0. The lowest BCUT2D eigenvalue weighted by molar-refractivity contribution is -0.113. The third-order valence-electron chi connectivity index (χ3n) is 3.93. The third-order valence-corrected chi connectivity index (χ3v) is 6.08. The molecule has 0 radical (unpaired) electrons. The van der Waals surface area contributed by atoms with Crippen LogP contribution in [-0.4, -0.2) is 25.3 Å². The monoisotopic (exact) mass is 310 g/mol. The van der Waals surface area contributed by atoms with E-state index in [0.717, 1.165) is 24.8 Å². The Labute approximate surface area is 125 Å². The molecule has 1 aliphatic carbocycles. The molecule has 1 aromatic carbocycles. The third kappa shape index (κ3) is 4.20. The largest absolute Gasteiger partial charge is 0.399 e. The van der Waals surface area contributed by atoms with Crippen LogP contribution in [0, 0.1) is 6.92 Å². The van der Waals surface area contributed by atoms with Crippen LogP contribution < -0.4 is 11.1 Å². The van der Waals surface area contributed by atoms with Gasteiger partial charge in [-0.3, -0.25) is 4.79 Å². The first-order valence-corrected chi connectivity index (χ1v) is 8.97. The minimum Gasteiger partial charge on any atom is -0.399 e. The fraction of sp³-hybridized carbons (Fsp3) is 0.533. The Morgan fingerprint density at radius 2 is 1.95 bits per heavy atom. The van der Waals surface area contributed by atoms with Gasteiger partial charge >= 0.3 is 0 Å². The van der Waals surface area contributed by atoms with Gasteiger partial charge in [0.25, 0.3) is 0 Å². The molecular weight excluding hydrogens is 288 g/mol. The highest BCUT2D eigenvalue weighted by Crippen LogP contribution is 2.24. The van der Waals surface area contributed by atoms with Gasteiger partial charge in [0.2, 0.25) is 5.91 Å². The van der Waals surface area contributed by atoms with Crippen molar-refractivity contribution in [2.45, 2.75) is 44.3 Å². The second-order valence-corrected chi connectivity index (χ2v) is 7.97. The maximum absolute atomic E-state index is 12.3.